The Hall–Kier alpha value is -1.12. The van der Waals surface area contributed by atoms with Gasteiger partial charge in [-0.25, -0.2) is 4.98 Å². The molecule has 0 aliphatic rings. The van der Waals surface area contributed by atoms with Gasteiger partial charge in [0.2, 0.25) is 0 Å². The van der Waals surface area contributed by atoms with E-state index in [-0.39, 0.29) is 5.78 Å². The Morgan fingerprint density at radius 2 is 2.36 bits per heavy atom. The SMILES string of the molecule is CCCC(C)CC(=O)c1nccn1C. The Labute approximate surface area is 85.2 Å². The summed E-state index contributed by atoms with van der Waals surface area (Å²) in [5, 5.41) is 0. The minimum absolute atomic E-state index is 0.151. The minimum atomic E-state index is 0.151. The molecule has 0 aromatic carbocycles. The second-order valence-electron chi connectivity index (χ2n) is 3.88. The van der Waals surface area contributed by atoms with Crippen LogP contribution in [-0.4, -0.2) is 15.3 Å². The molecule has 78 valence electrons. The molecule has 0 N–H and O–H groups in total. The van der Waals surface area contributed by atoms with Crippen molar-refractivity contribution in [1.29, 1.82) is 0 Å². The molecule has 1 aromatic rings. The van der Waals surface area contributed by atoms with E-state index in [2.05, 4.69) is 18.8 Å². The van der Waals surface area contributed by atoms with Crippen LogP contribution in [-0.2, 0) is 7.05 Å². The molecule has 0 bridgehead atoms. The van der Waals surface area contributed by atoms with Crippen LogP contribution in [0.3, 0.4) is 0 Å². The number of Topliss-reactive ketones (excluding diaryl/α,β-unsaturated/α-hetero) is 1. The fourth-order valence-corrected chi connectivity index (χ4v) is 1.64. The fraction of sp³-hybridized carbons (Fsp3) is 0.636. The van der Waals surface area contributed by atoms with E-state index >= 15 is 0 Å². The highest BCUT2D eigenvalue weighted by Crippen LogP contribution is 2.13. The molecule has 1 heterocycles. The van der Waals surface area contributed by atoms with E-state index in [9.17, 15) is 4.79 Å². The Balaban J connectivity index is 2.55. The van der Waals surface area contributed by atoms with Crippen LogP contribution in [0.2, 0.25) is 0 Å². The quantitative estimate of drug-likeness (QED) is 0.675. The number of ketones is 1. The normalized spacial score (nSPS) is 12.8. The van der Waals surface area contributed by atoms with Crippen LogP contribution in [0.25, 0.3) is 0 Å². The zero-order valence-corrected chi connectivity index (χ0v) is 9.16. The number of carbonyl (C=O) groups is 1. The first kappa shape index (κ1) is 11.0. The van der Waals surface area contributed by atoms with Gasteiger partial charge in [-0.15, -0.1) is 0 Å². The summed E-state index contributed by atoms with van der Waals surface area (Å²) in [7, 11) is 1.85. The highest BCUT2D eigenvalue weighted by Gasteiger charge is 2.14. The number of rotatable bonds is 5. The maximum Gasteiger partial charge on any atom is 0.198 e. The second-order valence-corrected chi connectivity index (χ2v) is 3.88. The average molecular weight is 194 g/mol. The zero-order chi connectivity index (χ0) is 10.6. The van der Waals surface area contributed by atoms with Crippen LogP contribution >= 0.6 is 0 Å². The lowest BCUT2D eigenvalue weighted by atomic mass is 9.99. The Morgan fingerprint density at radius 1 is 1.64 bits per heavy atom. The van der Waals surface area contributed by atoms with Crippen molar-refractivity contribution < 1.29 is 4.79 Å². The van der Waals surface area contributed by atoms with Crippen molar-refractivity contribution >= 4 is 5.78 Å². The van der Waals surface area contributed by atoms with Crippen LogP contribution < -0.4 is 0 Å². The van der Waals surface area contributed by atoms with Crippen LogP contribution in [0.15, 0.2) is 12.4 Å². The van der Waals surface area contributed by atoms with Crippen LogP contribution in [0.4, 0.5) is 0 Å². The smallest absolute Gasteiger partial charge is 0.198 e. The van der Waals surface area contributed by atoms with Gasteiger partial charge in [-0.3, -0.25) is 4.79 Å². The van der Waals surface area contributed by atoms with Crippen molar-refractivity contribution in [2.24, 2.45) is 13.0 Å². The van der Waals surface area contributed by atoms with Gasteiger partial charge in [0.1, 0.15) is 0 Å². The third-order valence-corrected chi connectivity index (χ3v) is 2.39. The second kappa shape index (κ2) is 4.94. The van der Waals surface area contributed by atoms with Crippen molar-refractivity contribution in [2.75, 3.05) is 0 Å². The minimum Gasteiger partial charge on any atom is -0.332 e. The van der Waals surface area contributed by atoms with E-state index < -0.39 is 0 Å². The third kappa shape index (κ3) is 2.69. The molecule has 0 aliphatic heterocycles. The van der Waals surface area contributed by atoms with Crippen LogP contribution in [0.5, 0.6) is 0 Å². The number of imidazole rings is 1. The van der Waals surface area contributed by atoms with Crippen molar-refractivity contribution in [3.8, 4) is 0 Å². The number of aryl methyl sites for hydroxylation is 1. The van der Waals surface area contributed by atoms with Crippen molar-refractivity contribution in [1.82, 2.24) is 9.55 Å². The van der Waals surface area contributed by atoms with Gasteiger partial charge >= 0.3 is 0 Å². The Morgan fingerprint density at radius 3 is 2.86 bits per heavy atom. The first-order chi connectivity index (χ1) is 6.65. The fourth-order valence-electron chi connectivity index (χ4n) is 1.64. The molecule has 1 unspecified atom stereocenters. The molecule has 0 spiro atoms. The summed E-state index contributed by atoms with van der Waals surface area (Å²) in [6.45, 7) is 4.26. The molecule has 0 fully saturated rings. The third-order valence-electron chi connectivity index (χ3n) is 2.39. The van der Waals surface area contributed by atoms with Gasteiger partial charge in [0.15, 0.2) is 11.6 Å². The molecule has 0 saturated carbocycles. The van der Waals surface area contributed by atoms with Gasteiger partial charge in [0.25, 0.3) is 0 Å². The molecule has 0 radical (unpaired) electrons. The standard InChI is InChI=1S/C11H18N2O/c1-4-5-9(2)8-10(14)11-12-6-7-13(11)3/h6-7,9H,4-5,8H2,1-3H3. The Bertz CT molecular complexity index is 304. The summed E-state index contributed by atoms with van der Waals surface area (Å²) in [5.74, 6) is 1.19. The zero-order valence-electron chi connectivity index (χ0n) is 9.16. The molecule has 0 amide bonds. The van der Waals surface area contributed by atoms with E-state index in [1.165, 1.54) is 0 Å². The summed E-state index contributed by atoms with van der Waals surface area (Å²) in [6, 6.07) is 0. The molecule has 3 heteroatoms. The summed E-state index contributed by atoms with van der Waals surface area (Å²) in [4.78, 5) is 15.8. The van der Waals surface area contributed by atoms with E-state index in [1.807, 2.05) is 7.05 Å². The summed E-state index contributed by atoms with van der Waals surface area (Å²) in [6.07, 6.45) is 6.32. The number of carbonyl (C=O) groups excluding carboxylic acids is 1. The highest BCUT2D eigenvalue weighted by molar-refractivity contribution is 5.92. The van der Waals surface area contributed by atoms with Gasteiger partial charge in [-0.1, -0.05) is 26.7 Å². The number of nitrogens with zero attached hydrogens (tertiary/aromatic N) is 2. The molecule has 1 aromatic heterocycles. The van der Waals surface area contributed by atoms with Crippen LogP contribution in [0, 0.1) is 5.92 Å². The van der Waals surface area contributed by atoms with Gasteiger partial charge in [0, 0.05) is 25.9 Å². The predicted octanol–water partition coefficient (Wildman–Crippen LogP) is 2.43. The lowest BCUT2D eigenvalue weighted by Gasteiger charge is -2.08. The summed E-state index contributed by atoms with van der Waals surface area (Å²) in [5.41, 5.74) is 0. The topological polar surface area (TPSA) is 34.9 Å². The molecule has 1 rings (SSSR count). The van der Waals surface area contributed by atoms with Gasteiger partial charge in [0.05, 0.1) is 0 Å². The lowest BCUT2D eigenvalue weighted by molar-refractivity contribution is 0.0949. The van der Waals surface area contributed by atoms with Crippen molar-refractivity contribution in [3.63, 3.8) is 0 Å². The average Bonchev–Trinajstić information content (AvgIpc) is 2.51. The molecule has 0 saturated heterocycles. The highest BCUT2D eigenvalue weighted by atomic mass is 16.1. The largest absolute Gasteiger partial charge is 0.332 e. The van der Waals surface area contributed by atoms with E-state index in [1.54, 1.807) is 17.0 Å². The van der Waals surface area contributed by atoms with Crippen molar-refractivity contribution in [2.45, 2.75) is 33.1 Å². The molecular formula is C11H18N2O. The van der Waals surface area contributed by atoms with Crippen molar-refractivity contribution in [3.05, 3.63) is 18.2 Å². The molecule has 0 aliphatic carbocycles. The number of hydrogen-bond acceptors (Lipinski definition) is 2. The summed E-state index contributed by atoms with van der Waals surface area (Å²) < 4.78 is 1.78. The number of aromatic nitrogens is 2. The molecule has 3 nitrogen and oxygen atoms in total. The van der Waals surface area contributed by atoms with E-state index in [4.69, 9.17) is 0 Å². The molecular weight excluding hydrogens is 176 g/mol. The number of hydrogen-bond donors (Lipinski definition) is 0. The van der Waals surface area contributed by atoms with Gasteiger partial charge < -0.3 is 4.57 Å². The van der Waals surface area contributed by atoms with Gasteiger partial charge in [-0.05, 0) is 5.92 Å². The first-order valence-electron chi connectivity index (χ1n) is 5.15. The van der Waals surface area contributed by atoms with Gasteiger partial charge in [-0.2, -0.15) is 0 Å². The van der Waals surface area contributed by atoms with Crippen LogP contribution in [0.1, 0.15) is 43.7 Å². The molecule has 1 atom stereocenters. The maximum absolute atomic E-state index is 11.7. The Kier molecular flexibility index (Phi) is 3.86. The van der Waals surface area contributed by atoms with E-state index in [0.29, 0.717) is 18.2 Å². The lowest BCUT2D eigenvalue weighted by Crippen LogP contribution is -2.11. The monoisotopic (exact) mass is 194 g/mol. The van der Waals surface area contributed by atoms with E-state index in [0.717, 1.165) is 12.8 Å². The predicted molar refractivity (Wildman–Crippen MR) is 56.2 cm³/mol. The summed E-state index contributed by atoms with van der Waals surface area (Å²) >= 11 is 0. The molecule has 14 heavy (non-hydrogen) atoms. The first-order valence-corrected chi connectivity index (χ1v) is 5.15. The maximum atomic E-state index is 11.7.